The Bertz CT molecular complexity index is 181. The molecule has 3 nitrogen and oxygen atoms in total. The van der Waals surface area contributed by atoms with Gasteiger partial charge in [0.2, 0.25) is 0 Å². The number of rotatable bonds is 7. The Hall–Kier alpha value is -0.350. The number of thiocarbonyl (C=S) groups is 1. The monoisotopic (exact) mass is 232 g/mol. The number of ether oxygens (including phenoxy) is 1. The molecule has 0 aromatic carbocycles. The predicted octanol–water partition coefficient (Wildman–Crippen LogP) is 2.07. The molecule has 0 unspecified atom stereocenters. The summed E-state index contributed by atoms with van der Waals surface area (Å²) >= 11 is 5.22. The predicted molar refractivity (Wildman–Crippen MR) is 69.2 cm³/mol. The molecule has 0 aromatic rings. The van der Waals surface area contributed by atoms with Gasteiger partial charge in [0.25, 0.3) is 0 Å². The van der Waals surface area contributed by atoms with Gasteiger partial charge in [-0.2, -0.15) is 0 Å². The van der Waals surface area contributed by atoms with Gasteiger partial charge in [0.15, 0.2) is 5.11 Å². The molecule has 0 saturated carbocycles. The van der Waals surface area contributed by atoms with Gasteiger partial charge >= 0.3 is 0 Å². The minimum Gasteiger partial charge on any atom is -0.385 e. The van der Waals surface area contributed by atoms with E-state index in [9.17, 15) is 0 Å². The van der Waals surface area contributed by atoms with Gasteiger partial charge in [-0.25, -0.2) is 0 Å². The summed E-state index contributed by atoms with van der Waals surface area (Å²) in [5, 5.41) is 7.28. The molecule has 15 heavy (non-hydrogen) atoms. The summed E-state index contributed by atoms with van der Waals surface area (Å²) in [7, 11) is 1.71. The van der Waals surface area contributed by atoms with Crippen LogP contribution in [0.15, 0.2) is 0 Å². The second-order valence-corrected chi connectivity index (χ2v) is 4.40. The molecule has 0 aliphatic heterocycles. The van der Waals surface area contributed by atoms with Crippen LogP contribution in [-0.2, 0) is 4.74 Å². The highest BCUT2D eigenvalue weighted by molar-refractivity contribution is 7.80. The van der Waals surface area contributed by atoms with Gasteiger partial charge in [-0.15, -0.1) is 0 Å². The lowest BCUT2D eigenvalue weighted by molar-refractivity contribution is 0.195. The maximum Gasteiger partial charge on any atom is 0.166 e. The normalized spacial score (nSPS) is 11.2. The second-order valence-electron chi connectivity index (χ2n) is 4.00. The third-order valence-corrected chi connectivity index (χ3v) is 3.03. The van der Waals surface area contributed by atoms with Crippen molar-refractivity contribution in [2.24, 2.45) is 0 Å². The molecule has 0 rings (SSSR count). The van der Waals surface area contributed by atoms with E-state index in [0.29, 0.717) is 0 Å². The fourth-order valence-corrected chi connectivity index (χ4v) is 1.51. The number of nitrogens with one attached hydrogen (secondary N) is 2. The summed E-state index contributed by atoms with van der Waals surface area (Å²) in [4.78, 5) is 0. The molecule has 2 N–H and O–H groups in total. The SMILES string of the molecule is CCC(C)(CC)NC(=S)NCCCOC. The summed E-state index contributed by atoms with van der Waals surface area (Å²) in [5.74, 6) is 0. The van der Waals surface area contributed by atoms with E-state index in [-0.39, 0.29) is 5.54 Å². The van der Waals surface area contributed by atoms with Crippen molar-refractivity contribution in [2.45, 2.75) is 45.6 Å². The van der Waals surface area contributed by atoms with Crippen LogP contribution in [0.1, 0.15) is 40.0 Å². The Morgan fingerprint density at radius 2 is 1.93 bits per heavy atom. The van der Waals surface area contributed by atoms with Crippen LogP contribution in [0, 0.1) is 0 Å². The van der Waals surface area contributed by atoms with Crippen molar-refractivity contribution in [3.05, 3.63) is 0 Å². The average molecular weight is 232 g/mol. The van der Waals surface area contributed by atoms with Gasteiger partial charge < -0.3 is 15.4 Å². The topological polar surface area (TPSA) is 33.3 Å². The third kappa shape index (κ3) is 6.68. The fraction of sp³-hybridized carbons (Fsp3) is 0.909. The molecule has 0 saturated heterocycles. The zero-order valence-corrected chi connectivity index (χ0v) is 11.2. The summed E-state index contributed by atoms with van der Waals surface area (Å²) in [5.41, 5.74) is 0.116. The van der Waals surface area contributed by atoms with E-state index in [1.165, 1.54) is 0 Å². The van der Waals surface area contributed by atoms with Gasteiger partial charge in [0.05, 0.1) is 0 Å². The highest BCUT2D eigenvalue weighted by Crippen LogP contribution is 2.12. The van der Waals surface area contributed by atoms with Crippen LogP contribution in [0.3, 0.4) is 0 Å². The van der Waals surface area contributed by atoms with E-state index in [4.69, 9.17) is 17.0 Å². The highest BCUT2D eigenvalue weighted by Gasteiger charge is 2.19. The molecule has 0 aromatic heterocycles. The van der Waals surface area contributed by atoms with E-state index in [2.05, 4.69) is 31.4 Å². The van der Waals surface area contributed by atoms with Crippen LogP contribution < -0.4 is 10.6 Å². The quantitative estimate of drug-likeness (QED) is 0.520. The van der Waals surface area contributed by atoms with Gasteiger partial charge in [0, 0.05) is 25.8 Å². The van der Waals surface area contributed by atoms with Crippen molar-refractivity contribution in [2.75, 3.05) is 20.3 Å². The van der Waals surface area contributed by atoms with Gasteiger partial charge in [-0.05, 0) is 38.4 Å². The third-order valence-electron chi connectivity index (χ3n) is 2.79. The van der Waals surface area contributed by atoms with E-state index >= 15 is 0 Å². The molecule has 4 heteroatoms. The molecule has 0 atom stereocenters. The number of methoxy groups -OCH3 is 1. The Balaban J connectivity index is 3.72. The smallest absolute Gasteiger partial charge is 0.166 e. The molecular weight excluding hydrogens is 208 g/mol. The molecule has 0 heterocycles. The Morgan fingerprint density at radius 3 is 2.40 bits per heavy atom. The lowest BCUT2D eigenvalue weighted by Gasteiger charge is -2.29. The summed E-state index contributed by atoms with van der Waals surface area (Å²) in [6.07, 6.45) is 3.13. The fourth-order valence-electron chi connectivity index (χ4n) is 1.16. The number of hydrogen-bond acceptors (Lipinski definition) is 2. The van der Waals surface area contributed by atoms with Crippen LogP contribution in [-0.4, -0.2) is 30.9 Å². The van der Waals surface area contributed by atoms with Gasteiger partial charge in [-0.1, -0.05) is 13.8 Å². The summed E-state index contributed by atoms with van der Waals surface area (Å²) < 4.78 is 4.96. The zero-order chi connectivity index (χ0) is 11.7. The van der Waals surface area contributed by atoms with Crippen molar-refractivity contribution < 1.29 is 4.74 Å². The minimum absolute atomic E-state index is 0.116. The molecule has 0 spiro atoms. The van der Waals surface area contributed by atoms with Crippen LogP contribution in [0.5, 0.6) is 0 Å². The van der Waals surface area contributed by atoms with Crippen molar-refractivity contribution in [3.8, 4) is 0 Å². The van der Waals surface area contributed by atoms with Crippen molar-refractivity contribution in [1.29, 1.82) is 0 Å². The lowest BCUT2D eigenvalue weighted by Crippen LogP contribution is -2.49. The molecule has 0 fully saturated rings. The van der Waals surface area contributed by atoms with Crippen molar-refractivity contribution >= 4 is 17.3 Å². The van der Waals surface area contributed by atoms with E-state index < -0.39 is 0 Å². The molecule has 0 amide bonds. The van der Waals surface area contributed by atoms with E-state index in [1.54, 1.807) is 7.11 Å². The van der Waals surface area contributed by atoms with Crippen LogP contribution in [0.2, 0.25) is 0 Å². The van der Waals surface area contributed by atoms with Crippen LogP contribution in [0.4, 0.5) is 0 Å². The van der Waals surface area contributed by atoms with Crippen LogP contribution >= 0.6 is 12.2 Å². The maximum atomic E-state index is 5.22. The molecule has 90 valence electrons. The molecule has 0 aliphatic carbocycles. The van der Waals surface area contributed by atoms with E-state index in [0.717, 1.165) is 37.5 Å². The summed E-state index contributed by atoms with van der Waals surface area (Å²) in [6.45, 7) is 8.17. The van der Waals surface area contributed by atoms with Crippen molar-refractivity contribution in [1.82, 2.24) is 10.6 Å². The Morgan fingerprint density at radius 1 is 1.33 bits per heavy atom. The van der Waals surface area contributed by atoms with Crippen molar-refractivity contribution in [3.63, 3.8) is 0 Å². The lowest BCUT2D eigenvalue weighted by atomic mass is 9.96. The van der Waals surface area contributed by atoms with Gasteiger partial charge in [0.1, 0.15) is 0 Å². The summed E-state index contributed by atoms with van der Waals surface area (Å²) in [6, 6.07) is 0. The Kier molecular flexibility index (Phi) is 7.70. The largest absolute Gasteiger partial charge is 0.385 e. The first kappa shape index (κ1) is 14.6. The minimum atomic E-state index is 0.116. The first-order valence-electron chi connectivity index (χ1n) is 5.63. The molecule has 0 radical (unpaired) electrons. The maximum absolute atomic E-state index is 5.22. The average Bonchev–Trinajstić information content (AvgIpc) is 2.24. The standard InChI is InChI=1S/C11H24N2OS/c1-5-11(3,6-2)13-10(15)12-8-7-9-14-4/h5-9H2,1-4H3,(H2,12,13,15). The molecule has 0 bridgehead atoms. The van der Waals surface area contributed by atoms with E-state index in [1.807, 2.05) is 0 Å². The van der Waals surface area contributed by atoms with Crippen LogP contribution in [0.25, 0.3) is 0 Å². The Labute approximate surface area is 99.0 Å². The highest BCUT2D eigenvalue weighted by atomic mass is 32.1. The second kappa shape index (κ2) is 7.88. The zero-order valence-electron chi connectivity index (χ0n) is 10.4. The first-order chi connectivity index (χ1) is 7.08. The molecule has 0 aliphatic rings. The molecular formula is C11H24N2OS. The van der Waals surface area contributed by atoms with Gasteiger partial charge in [-0.3, -0.25) is 0 Å². The first-order valence-corrected chi connectivity index (χ1v) is 6.03. The number of hydrogen-bond donors (Lipinski definition) is 2.